The van der Waals surface area contributed by atoms with Gasteiger partial charge in [0.25, 0.3) is 0 Å². The fourth-order valence-corrected chi connectivity index (χ4v) is 4.15. The zero-order chi connectivity index (χ0) is 28.9. The molecule has 0 aliphatic heterocycles. The van der Waals surface area contributed by atoms with Gasteiger partial charge in [0.2, 0.25) is 5.91 Å². The molecule has 0 bridgehead atoms. The average molecular weight is 528 g/mol. The Bertz CT molecular complexity index is 1030. The van der Waals surface area contributed by atoms with Crippen molar-refractivity contribution in [2.75, 3.05) is 13.2 Å². The Balaban J connectivity index is 2.85. The second kappa shape index (κ2) is 15.4. The van der Waals surface area contributed by atoms with Crippen molar-refractivity contribution in [2.45, 2.75) is 85.8 Å². The summed E-state index contributed by atoms with van der Waals surface area (Å²) in [4.78, 5) is 37.7. The number of allylic oxidation sites excluding steroid dienone is 11. The summed E-state index contributed by atoms with van der Waals surface area (Å²) >= 11 is 0. The molecule has 38 heavy (non-hydrogen) atoms. The van der Waals surface area contributed by atoms with Gasteiger partial charge >= 0.3 is 5.97 Å². The van der Waals surface area contributed by atoms with Crippen molar-refractivity contribution in [2.24, 2.45) is 5.41 Å². The van der Waals surface area contributed by atoms with Crippen LogP contribution in [0.5, 0.6) is 0 Å². The van der Waals surface area contributed by atoms with E-state index < -0.39 is 42.1 Å². The number of ketones is 1. The number of Topliss-reactive ketones (excluding diaryl/α,β-unsaturated/α-hetero) is 1. The molecule has 7 nitrogen and oxygen atoms in total. The molecular formula is C31H45NO6. The van der Waals surface area contributed by atoms with Crippen molar-refractivity contribution in [3.05, 3.63) is 70.9 Å². The first kappa shape index (κ1) is 33.0. The van der Waals surface area contributed by atoms with Gasteiger partial charge in [0.1, 0.15) is 0 Å². The van der Waals surface area contributed by atoms with Crippen molar-refractivity contribution in [3.63, 3.8) is 0 Å². The van der Waals surface area contributed by atoms with E-state index in [-0.39, 0.29) is 18.6 Å². The summed E-state index contributed by atoms with van der Waals surface area (Å²) < 4.78 is 5.49. The molecule has 1 amide bonds. The Kier molecular flexibility index (Phi) is 13.4. The first-order chi connectivity index (χ1) is 17.8. The van der Waals surface area contributed by atoms with Crippen LogP contribution in [0.15, 0.2) is 70.9 Å². The lowest BCUT2D eigenvalue weighted by Crippen LogP contribution is -2.53. The first-order valence-corrected chi connectivity index (χ1v) is 13.1. The molecule has 0 saturated carbocycles. The molecule has 1 unspecified atom stereocenters. The van der Waals surface area contributed by atoms with Crippen LogP contribution in [0.3, 0.4) is 0 Å². The largest absolute Gasteiger partial charge is 0.454 e. The lowest BCUT2D eigenvalue weighted by atomic mass is 9.71. The molecule has 1 atom stereocenters. The number of esters is 1. The normalized spacial score (nSPS) is 19.2. The van der Waals surface area contributed by atoms with Crippen LogP contribution < -0.4 is 5.32 Å². The monoisotopic (exact) mass is 527 g/mol. The molecular weight excluding hydrogens is 482 g/mol. The number of amides is 1. The highest BCUT2D eigenvalue weighted by molar-refractivity contribution is 6.01. The van der Waals surface area contributed by atoms with Gasteiger partial charge in [-0.05, 0) is 50.7 Å². The minimum Gasteiger partial charge on any atom is -0.454 e. The van der Waals surface area contributed by atoms with E-state index in [1.807, 2.05) is 83.2 Å². The van der Waals surface area contributed by atoms with Gasteiger partial charge in [-0.1, -0.05) is 80.5 Å². The number of carbonyl (C=O) groups is 3. The minimum absolute atomic E-state index is 0.168. The van der Waals surface area contributed by atoms with Gasteiger partial charge in [-0.15, -0.1) is 0 Å². The summed E-state index contributed by atoms with van der Waals surface area (Å²) in [7, 11) is 0. The number of hydrogen-bond acceptors (Lipinski definition) is 6. The van der Waals surface area contributed by atoms with Gasteiger partial charge in [0.05, 0.1) is 25.2 Å². The molecule has 3 N–H and O–H groups in total. The van der Waals surface area contributed by atoms with Crippen molar-refractivity contribution in [3.8, 4) is 0 Å². The van der Waals surface area contributed by atoms with Crippen molar-refractivity contribution < 1.29 is 29.3 Å². The lowest BCUT2D eigenvalue weighted by Gasteiger charge is -2.36. The molecule has 1 rings (SSSR count). The van der Waals surface area contributed by atoms with Crippen LogP contribution >= 0.6 is 0 Å². The molecule has 0 heterocycles. The maximum absolute atomic E-state index is 13.0. The van der Waals surface area contributed by atoms with Crippen molar-refractivity contribution >= 4 is 17.7 Å². The zero-order valence-electron chi connectivity index (χ0n) is 24.0. The maximum atomic E-state index is 13.0. The van der Waals surface area contributed by atoms with Crippen LogP contribution in [-0.4, -0.2) is 52.7 Å². The van der Waals surface area contributed by atoms with E-state index in [0.29, 0.717) is 18.4 Å². The van der Waals surface area contributed by atoms with Gasteiger partial charge in [-0.25, -0.2) is 0 Å². The van der Waals surface area contributed by atoms with E-state index in [1.54, 1.807) is 13.8 Å². The van der Waals surface area contributed by atoms with Crippen molar-refractivity contribution in [1.29, 1.82) is 0 Å². The molecule has 1 aliphatic rings. The number of nitrogens with one attached hydrogen (secondary N) is 1. The van der Waals surface area contributed by atoms with Crippen molar-refractivity contribution in [1.82, 2.24) is 5.32 Å². The molecule has 7 heteroatoms. The van der Waals surface area contributed by atoms with E-state index in [4.69, 9.17) is 4.74 Å². The molecule has 0 aromatic carbocycles. The quantitative estimate of drug-likeness (QED) is 0.234. The van der Waals surface area contributed by atoms with Crippen LogP contribution in [0.4, 0.5) is 0 Å². The molecule has 0 aromatic rings. The van der Waals surface area contributed by atoms with Gasteiger partial charge in [0, 0.05) is 12.8 Å². The molecule has 210 valence electrons. The number of ether oxygens (including phenoxy) is 1. The second-order valence-corrected chi connectivity index (χ2v) is 10.5. The van der Waals surface area contributed by atoms with Gasteiger partial charge in [0.15, 0.2) is 11.9 Å². The van der Waals surface area contributed by atoms with E-state index >= 15 is 0 Å². The first-order valence-electron chi connectivity index (χ1n) is 13.1. The molecule has 1 aliphatic carbocycles. The lowest BCUT2D eigenvalue weighted by molar-refractivity contribution is -0.156. The highest BCUT2D eigenvalue weighted by atomic mass is 16.5. The van der Waals surface area contributed by atoms with Crippen LogP contribution in [0.1, 0.15) is 74.1 Å². The predicted molar refractivity (Wildman–Crippen MR) is 151 cm³/mol. The predicted octanol–water partition coefficient (Wildman–Crippen LogP) is 4.82. The smallest absolute Gasteiger partial charge is 0.307 e. The molecule has 0 radical (unpaired) electrons. The Morgan fingerprint density at radius 1 is 1.08 bits per heavy atom. The zero-order valence-corrected chi connectivity index (χ0v) is 24.0. The Labute approximate surface area is 227 Å². The summed E-state index contributed by atoms with van der Waals surface area (Å²) in [6, 6.07) is 0. The number of aliphatic hydroxyl groups is 2. The minimum atomic E-state index is -1.12. The van der Waals surface area contributed by atoms with Crippen LogP contribution in [0.25, 0.3) is 0 Å². The maximum Gasteiger partial charge on any atom is 0.307 e. The van der Waals surface area contributed by atoms with Gasteiger partial charge in [-0.2, -0.15) is 0 Å². The van der Waals surface area contributed by atoms with E-state index in [0.717, 1.165) is 16.7 Å². The summed E-state index contributed by atoms with van der Waals surface area (Å²) in [5.41, 5.74) is 2.10. The summed E-state index contributed by atoms with van der Waals surface area (Å²) in [6.45, 7) is 12.7. The van der Waals surface area contributed by atoms with Gasteiger partial charge in [-0.3, -0.25) is 14.4 Å². The second-order valence-electron chi connectivity index (χ2n) is 10.5. The topological polar surface area (TPSA) is 113 Å². The average Bonchev–Trinajstić information content (AvgIpc) is 2.87. The standard InChI is InChI=1S/C31H45NO6/c1-8-10-12-22(3)13-11-14-23(4)15-16-25-24(5)29(37)26(19-30(25,6)7)38-28(36)18-17-27(35)32-31(9-2,20-33)21-34/h8,10-16,26,33-34H,9,17-21H2,1-7H3,(H,32,35)/b10-8+,13-11+,16-15+,22-12+,23-14+. The summed E-state index contributed by atoms with van der Waals surface area (Å²) in [5.74, 6) is -1.35. The third-order valence-corrected chi connectivity index (χ3v) is 6.79. The number of aliphatic hydroxyl groups excluding tert-OH is 2. The van der Waals surface area contributed by atoms with E-state index in [9.17, 15) is 24.6 Å². The fourth-order valence-electron chi connectivity index (χ4n) is 4.15. The van der Waals surface area contributed by atoms with Gasteiger partial charge < -0.3 is 20.3 Å². The fraction of sp³-hybridized carbons (Fsp3) is 0.516. The molecule has 0 fully saturated rings. The molecule has 0 spiro atoms. The van der Waals surface area contributed by atoms with Crippen LogP contribution in [0.2, 0.25) is 0 Å². The van der Waals surface area contributed by atoms with E-state index in [2.05, 4.69) is 5.32 Å². The highest BCUT2D eigenvalue weighted by Crippen LogP contribution is 2.40. The Morgan fingerprint density at radius 3 is 2.26 bits per heavy atom. The Hall–Kier alpha value is -3.03. The van der Waals surface area contributed by atoms with Crippen LogP contribution in [0, 0.1) is 5.41 Å². The highest BCUT2D eigenvalue weighted by Gasteiger charge is 2.40. The summed E-state index contributed by atoms with van der Waals surface area (Å²) in [6.07, 6.45) is 15.3. The number of hydrogen-bond donors (Lipinski definition) is 3. The molecule has 0 saturated heterocycles. The number of carbonyl (C=O) groups excluding carboxylic acids is 3. The third kappa shape index (κ3) is 10.0. The SMILES string of the molecule is C/C=C/C=C(C)/C=C/C=C(C)/C=C/C1=C(C)C(=O)C(OC(=O)CCC(=O)NC(CC)(CO)CO)CC1(C)C. The molecule has 0 aromatic heterocycles. The summed E-state index contributed by atoms with van der Waals surface area (Å²) in [5, 5.41) is 21.5. The third-order valence-electron chi connectivity index (χ3n) is 6.79. The van der Waals surface area contributed by atoms with E-state index in [1.165, 1.54) is 0 Å². The Morgan fingerprint density at radius 2 is 1.68 bits per heavy atom. The number of rotatable bonds is 13. The van der Waals surface area contributed by atoms with Crippen LogP contribution in [-0.2, 0) is 19.1 Å².